The smallest absolute Gasteiger partial charge is 0.304 e. The molecule has 1 fully saturated rings. The molecule has 246 valence electrons. The second-order valence-corrected chi connectivity index (χ2v) is 19.0. The van der Waals surface area contributed by atoms with Gasteiger partial charge in [-0.25, -0.2) is 0 Å². The highest BCUT2D eigenvalue weighted by Gasteiger charge is 2.50. The third-order valence-electron chi connectivity index (χ3n) is 9.74. The molecule has 4 atom stereocenters. The van der Waals surface area contributed by atoms with Crippen LogP contribution < -0.4 is 15.4 Å². The number of carboxylic acids is 1. The summed E-state index contributed by atoms with van der Waals surface area (Å²) in [7, 11) is -2.67. The molecule has 47 heavy (non-hydrogen) atoms. The zero-order chi connectivity index (χ0) is 33.8. The molecule has 0 aromatic heterocycles. The summed E-state index contributed by atoms with van der Waals surface area (Å²) >= 11 is 12.9. The average molecular weight is 688 g/mol. The molecule has 0 unspecified atom stereocenters. The van der Waals surface area contributed by atoms with Crippen LogP contribution in [0.1, 0.15) is 70.0 Å². The van der Waals surface area contributed by atoms with Crippen molar-refractivity contribution in [3.05, 3.63) is 130 Å². The minimum Gasteiger partial charge on any atom is -0.481 e. The van der Waals surface area contributed by atoms with Crippen molar-refractivity contribution in [2.75, 3.05) is 6.54 Å². The summed E-state index contributed by atoms with van der Waals surface area (Å²) in [4.78, 5) is 32.9. The number of nitrogens with zero attached hydrogens (tertiary/aromatic N) is 1. The first-order valence-corrected chi connectivity index (χ1v) is 19.1. The number of rotatable bonds is 11. The van der Waals surface area contributed by atoms with Crippen molar-refractivity contribution >= 4 is 53.7 Å². The molecule has 1 heterocycles. The lowest BCUT2D eigenvalue weighted by atomic mass is 9.74. The van der Waals surface area contributed by atoms with Crippen LogP contribution in [0.3, 0.4) is 0 Å². The van der Waals surface area contributed by atoms with Gasteiger partial charge in [0.25, 0.3) is 0 Å². The highest BCUT2D eigenvalue weighted by atomic mass is 35.5. The maximum atomic E-state index is 14.6. The van der Waals surface area contributed by atoms with E-state index in [9.17, 15) is 14.7 Å². The van der Waals surface area contributed by atoms with Gasteiger partial charge in [0.15, 0.2) is 8.24 Å². The van der Waals surface area contributed by atoms with E-state index in [1.165, 1.54) is 10.4 Å². The number of benzene rings is 4. The molecule has 5 nitrogen and oxygen atoms in total. The molecule has 1 aliphatic heterocycles. The third-order valence-corrected chi connectivity index (χ3v) is 15.6. The number of likely N-dealkylation sites (tertiary alicyclic amines) is 1. The normalized spacial score (nSPS) is 19.4. The Labute approximate surface area is 290 Å². The summed E-state index contributed by atoms with van der Waals surface area (Å²) < 4.78 is 0. The van der Waals surface area contributed by atoms with Crippen molar-refractivity contribution in [3.8, 4) is 0 Å². The van der Waals surface area contributed by atoms with Gasteiger partial charge in [-0.15, -0.1) is 0 Å². The lowest BCUT2D eigenvalue weighted by molar-refractivity contribution is -0.152. The van der Waals surface area contributed by atoms with E-state index in [1.54, 1.807) is 0 Å². The Morgan fingerprint density at radius 2 is 1.47 bits per heavy atom. The van der Waals surface area contributed by atoms with E-state index in [1.807, 2.05) is 65.6 Å². The summed E-state index contributed by atoms with van der Waals surface area (Å²) in [5.41, 5.74) is 1.95. The molecule has 5 rings (SSSR count). The molecule has 1 amide bonds. The molecule has 0 spiro atoms. The maximum absolute atomic E-state index is 14.6. The van der Waals surface area contributed by atoms with Crippen molar-refractivity contribution in [2.45, 2.75) is 70.0 Å². The largest absolute Gasteiger partial charge is 0.481 e. The van der Waals surface area contributed by atoms with Gasteiger partial charge >= 0.3 is 5.97 Å². The lowest BCUT2D eigenvalue weighted by Gasteiger charge is -2.50. The fraction of sp³-hybridized carbons (Fsp3) is 0.333. The number of hydrogen-bond acceptors (Lipinski definition) is 3. The number of carbonyl (C=O) groups excluding carboxylic acids is 1. The number of carboxylic acid groups (broad SMARTS) is 1. The summed E-state index contributed by atoms with van der Waals surface area (Å²) in [6.45, 7) is 9.55. The Morgan fingerprint density at radius 3 is 1.98 bits per heavy atom. The van der Waals surface area contributed by atoms with Gasteiger partial charge in [0, 0.05) is 34.5 Å². The number of amides is 1. The number of aliphatic carboxylic acids is 1. The number of carbonyl (C=O) groups is 2. The Balaban J connectivity index is 1.65. The molecule has 4 aromatic carbocycles. The highest BCUT2D eigenvalue weighted by Crippen LogP contribution is 2.48. The van der Waals surface area contributed by atoms with Crippen LogP contribution in [-0.4, -0.2) is 42.7 Å². The van der Waals surface area contributed by atoms with Gasteiger partial charge in [-0.2, -0.15) is 0 Å². The topological polar surface area (TPSA) is 69.6 Å². The molecule has 0 saturated carbocycles. The van der Waals surface area contributed by atoms with Crippen molar-refractivity contribution in [1.82, 2.24) is 9.88 Å². The first kappa shape index (κ1) is 34.9. The molecular weight excluding hydrogens is 643 g/mol. The van der Waals surface area contributed by atoms with Gasteiger partial charge in [0.05, 0.1) is 12.5 Å². The molecule has 0 bridgehead atoms. The molecule has 1 aliphatic rings. The molecule has 0 aliphatic carbocycles. The monoisotopic (exact) mass is 686 g/mol. The zero-order valence-electron chi connectivity index (χ0n) is 27.5. The fourth-order valence-corrected chi connectivity index (χ4v) is 12.8. The lowest BCUT2D eigenvalue weighted by Crippen LogP contribution is -2.75. The van der Waals surface area contributed by atoms with Crippen LogP contribution >= 0.6 is 23.2 Å². The quantitative estimate of drug-likeness (QED) is 0.157. The van der Waals surface area contributed by atoms with Crippen LogP contribution in [0.25, 0.3) is 0 Å². The Hall–Kier alpha value is -3.42. The molecule has 1 saturated heterocycles. The SMILES string of the molecule is CC[C@@H](CN[Si](c1ccccc1)(c1ccccc1)C(C)(C)C)N1C(=O)[C@H](CC(=O)O)C[C@H](c2cccc(Cl)c2)[C@H]1c1ccc(Cl)cc1. The number of piperidine rings is 1. The predicted octanol–water partition coefficient (Wildman–Crippen LogP) is 8.07. The second-order valence-electron chi connectivity index (χ2n) is 13.6. The summed E-state index contributed by atoms with van der Waals surface area (Å²) in [5.74, 6) is -1.93. The predicted molar refractivity (Wildman–Crippen MR) is 195 cm³/mol. The van der Waals surface area contributed by atoms with Gasteiger partial charge in [-0.3, -0.25) is 9.59 Å². The van der Waals surface area contributed by atoms with Crippen LogP contribution in [0.4, 0.5) is 0 Å². The van der Waals surface area contributed by atoms with E-state index >= 15 is 0 Å². The van der Waals surface area contributed by atoms with Crippen molar-refractivity contribution < 1.29 is 14.7 Å². The van der Waals surface area contributed by atoms with Crippen LogP contribution in [0.2, 0.25) is 15.1 Å². The molecule has 4 aromatic rings. The maximum Gasteiger partial charge on any atom is 0.304 e. The van der Waals surface area contributed by atoms with E-state index in [-0.39, 0.29) is 35.4 Å². The summed E-state index contributed by atoms with van der Waals surface area (Å²) in [6.07, 6.45) is 0.870. The minimum absolute atomic E-state index is 0.123. The third kappa shape index (κ3) is 7.36. The van der Waals surface area contributed by atoms with Crippen LogP contribution in [0, 0.1) is 5.92 Å². The van der Waals surface area contributed by atoms with Crippen molar-refractivity contribution in [2.24, 2.45) is 5.92 Å². The Morgan fingerprint density at radius 1 is 0.872 bits per heavy atom. The van der Waals surface area contributed by atoms with E-state index in [4.69, 9.17) is 23.2 Å². The Bertz CT molecular complexity index is 1620. The minimum atomic E-state index is -2.67. The fourth-order valence-electron chi connectivity index (χ4n) is 7.56. The van der Waals surface area contributed by atoms with E-state index in [2.05, 4.69) is 81.2 Å². The molecule has 8 heteroatoms. The average Bonchev–Trinajstić information content (AvgIpc) is 3.05. The number of halogens is 2. The van der Waals surface area contributed by atoms with Gasteiger partial charge in [0.1, 0.15) is 0 Å². The molecule has 0 radical (unpaired) electrons. The number of nitrogens with one attached hydrogen (secondary N) is 1. The first-order valence-electron chi connectivity index (χ1n) is 16.4. The van der Waals surface area contributed by atoms with Gasteiger partial charge in [0.2, 0.25) is 5.91 Å². The van der Waals surface area contributed by atoms with Crippen molar-refractivity contribution in [3.63, 3.8) is 0 Å². The van der Waals surface area contributed by atoms with Crippen LogP contribution in [-0.2, 0) is 9.59 Å². The first-order chi connectivity index (χ1) is 22.5. The zero-order valence-corrected chi connectivity index (χ0v) is 30.0. The van der Waals surface area contributed by atoms with Gasteiger partial charge in [-0.1, -0.05) is 136 Å². The summed E-state index contributed by atoms with van der Waals surface area (Å²) in [6, 6.07) is 36.3. The molecular formula is C39H44Cl2N2O3Si. The second kappa shape index (κ2) is 14.8. The van der Waals surface area contributed by atoms with Crippen LogP contribution in [0.5, 0.6) is 0 Å². The van der Waals surface area contributed by atoms with Gasteiger partial charge in [-0.05, 0) is 63.6 Å². The highest BCUT2D eigenvalue weighted by molar-refractivity contribution is 7.02. The summed E-state index contributed by atoms with van der Waals surface area (Å²) in [5, 5.41) is 13.6. The molecule has 2 N–H and O–H groups in total. The standard InChI is InChI=1S/C39H44Cl2N2O3Si/c1-5-32(26-42-47(39(2,3)4,33-15-8-6-9-16-33)34-17-10-7-11-18-34)43-37(27-19-21-30(40)22-20-27)35(28-13-12-14-31(41)23-28)24-29(38(43)46)25-36(44)45/h6-23,29,32,35,37,42H,5,24-26H2,1-4H3,(H,44,45)/t29-,32-,35+,37+/m0/s1. The van der Waals surface area contributed by atoms with E-state index < -0.39 is 20.1 Å². The van der Waals surface area contributed by atoms with Gasteiger partial charge < -0.3 is 15.0 Å². The number of hydrogen-bond donors (Lipinski definition) is 2. The van der Waals surface area contributed by atoms with Crippen molar-refractivity contribution in [1.29, 1.82) is 0 Å². The van der Waals surface area contributed by atoms with Crippen LogP contribution in [0.15, 0.2) is 109 Å². The van der Waals surface area contributed by atoms with E-state index in [0.717, 1.165) is 11.1 Å². The van der Waals surface area contributed by atoms with E-state index in [0.29, 0.717) is 29.4 Å². The Kier molecular flexibility index (Phi) is 11.0.